The third-order valence-corrected chi connectivity index (χ3v) is 5.95. The van der Waals surface area contributed by atoms with Crippen molar-refractivity contribution in [2.45, 2.75) is 41.9 Å². The van der Waals surface area contributed by atoms with Crippen molar-refractivity contribution in [2.75, 3.05) is 18.5 Å². The summed E-state index contributed by atoms with van der Waals surface area (Å²) in [4.78, 5) is 0.359. The Labute approximate surface area is 119 Å². The van der Waals surface area contributed by atoms with Gasteiger partial charge in [-0.1, -0.05) is 12.8 Å². The van der Waals surface area contributed by atoms with Crippen molar-refractivity contribution < 1.29 is 18.6 Å². The Kier molecular flexibility index (Phi) is 5.01. The van der Waals surface area contributed by atoms with E-state index in [9.17, 15) is 13.5 Å². The largest absolute Gasteiger partial charge is 0.394 e. The highest BCUT2D eigenvalue weighted by Gasteiger charge is 2.29. The topological polar surface area (TPSA) is 86.6 Å². The monoisotopic (exact) mass is 299 g/mol. The Balaban J connectivity index is 2.04. The first-order valence-electron chi connectivity index (χ1n) is 6.91. The van der Waals surface area contributed by atoms with Crippen molar-refractivity contribution in [3.8, 4) is 0 Å². The molecule has 0 amide bonds. The molecule has 3 N–H and O–H groups in total. The third kappa shape index (κ3) is 3.50. The molecule has 0 saturated heterocycles. The Morgan fingerprint density at radius 1 is 1.20 bits per heavy atom. The molecule has 0 spiro atoms. The fraction of sp³-hybridized carbons (Fsp3) is 0.571. The van der Waals surface area contributed by atoms with Crippen LogP contribution in [0.1, 0.15) is 25.7 Å². The Morgan fingerprint density at radius 3 is 2.35 bits per heavy atom. The molecule has 1 unspecified atom stereocenters. The number of aliphatic hydroxyl groups excluding tert-OH is 2. The standard InChI is InChI=1S/C14H21NO4S/c16-10-12(17)9-15-11-5-7-14(8-6-11)20(18,19)13-3-1-2-4-13/h5-8,12-13,15-17H,1-4,9-10H2. The minimum Gasteiger partial charge on any atom is -0.394 e. The van der Waals surface area contributed by atoms with Gasteiger partial charge in [0.15, 0.2) is 9.84 Å². The number of hydrogen-bond donors (Lipinski definition) is 3. The molecule has 1 aliphatic carbocycles. The van der Waals surface area contributed by atoms with Crippen LogP contribution in [0.2, 0.25) is 0 Å². The van der Waals surface area contributed by atoms with Gasteiger partial charge in [-0.25, -0.2) is 8.42 Å². The van der Waals surface area contributed by atoms with E-state index in [4.69, 9.17) is 5.11 Å². The van der Waals surface area contributed by atoms with Crippen molar-refractivity contribution in [1.82, 2.24) is 0 Å². The fourth-order valence-electron chi connectivity index (χ4n) is 2.45. The molecule has 0 aromatic heterocycles. The summed E-state index contributed by atoms with van der Waals surface area (Å²) in [5, 5.41) is 20.7. The van der Waals surface area contributed by atoms with Gasteiger partial charge < -0.3 is 15.5 Å². The molecule has 0 aliphatic heterocycles. The van der Waals surface area contributed by atoms with Crippen LogP contribution in [0.4, 0.5) is 5.69 Å². The van der Waals surface area contributed by atoms with Crippen LogP contribution >= 0.6 is 0 Å². The van der Waals surface area contributed by atoms with Crippen LogP contribution in [0, 0.1) is 0 Å². The lowest BCUT2D eigenvalue weighted by Crippen LogP contribution is -2.23. The average molecular weight is 299 g/mol. The van der Waals surface area contributed by atoms with E-state index in [0.29, 0.717) is 4.90 Å². The lowest BCUT2D eigenvalue weighted by Gasteiger charge is -2.13. The number of sulfone groups is 1. The van der Waals surface area contributed by atoms with Gasteiger partial charge in [0.2, 0.25) is 0 Å². The van der Waals surface area contributed by atoms with Gasteiger partial charge in [0.05, 0.1) is 22.9 Å². The Hall–Kier alpha value is -1.11. The molecule has 0 radical (unpaired) electrons. The molecule has 1 saturated carbocycles. The predicted octanol–water partition coefficient (Wildman–Crippen LogP) is 1.17. The zero-order valence-electron chi connectivity index (χ0n) is 11.3. The highest BCUT2D eigenvalue weighted by Crippen LogP contribution is 2.29. The second kappa shape index (κ2) is 6.56. The summed E-state index contributed by atoms with van der Waals surface area (Å²) in [7, 11) is -3.21. The van der Waals surface area contributed by atoms with E-state index >= 15 is 0 Å². The molecule has 1 aromatic carbocycles. The molecule has 0 bridgehead atoms. The second-order valence-electron chi connectivity index (χ2n) is 5.19. The minimum atomic E-state index is -3.21. The van der Waals surface area contributed by atoms with Crippen LogP contribution in [0.5, 0.6) is 0 Å². The second-order valence-corrected chi connectivity index (χ2v) is 7.42. The van der Waals surface area contributed by atoms with Gasteiger partial charge in [-0.05, 0) is 37.1 Å². The van der Waals surface area contributed by atoms with Gasteiger partial charge in [0.25, 0.3) is 0 Å². The number of nitrogens with one attached hydrogen (secondary N) is 1. The van der Waals surface area contributed by atoms with E-state index in [2.05, 4.69) is 5.32 Å². The lowest BCUT2D eigenvalue weighted by molar-refractivity contribution is 0.105. The zero-order chi connectivity index (χ0) is 14.6. The number of hydrogen-bond acceptors (Lipinski definition) is 5. The molecule has 0 heterocycles. The first kappa shape index (κ1) is 15.3. The van der Waals surface area contributed by atoms with E-state index in [-0.39, 0.29) is 18.4 Å². The van der Waals surface area contributed by atoms with Crippen LogP contribution in [-0.2, 0) is 9.84 Å². The van der Waals surface area contributed by atoms with Gasteiger partial charge >= 0.3 is 0 Å². The number of anilines is 1. The summed E-state index contributed by atoms with van der Waals surface area (Å²) < 4.78 is 24.7. The third-order valence-electron chi connectivity index (χ3n) is 3.68. The maximum absolute atomic E-state index is 12.4. The molecule has 1 fully saturated rings. The van der Waals surface area contributed by atoms with Crippen LogP contribution in [0.15, 0.2) is 29.2 Å². The first-order valence-corrected chi connectivity index (χ1v) is 8.45. The molecule has 1 aliphatic rings. The maximum Gasteiger partial charge on any atom is 0.181 e. The Bertz CT molecular complexity index is 521. The number of benzene rings is 1. The number of aliphatic hydroxyl groups is 2. The SMILES string of the molecule is O=S(=O)(c1ccc(NCC(O)CO)cc1)C1CCCC1. The highest BCUT2D eigenvalue weighted by atomic mass is 32.2. The summed E-state index contributed by atoms with van der Waals surface area (Å²) in [6.45, 7) is -0.0770. The first-order chi connectivity index (χ1) is 9.54. The molecule has 1 aromatic rings. The van der Waals surface area contributed by atoms with E-state index in [1.54, 1.807) is 24.3 Å². The van der Waals surface area contributed by atoms with Crippen molar-refractivity contribution >= 4 is 15.5 Å². The quantitative estimate of drug-likeness (QED) is 0.734. The summed E-state index contributed by atoms with van der Waals surface area (Å²) in [5.41, 5.74) is 0.725. The summed E-state index contributed by atoms with van der Waals surface area (Å²) >= 11 is 0. The van der Waals surface area contributed by atoms with E-state index in [0.717, 1.165) is 31.4 Å². The van der Waals surface area contributed by atoms with Crippen LogP contribution in [0.25, 0.3) is 0 Å². The van der Waals surface area contributed by atoms with Crippen molar-refractivity contribution in [3.63, 3.8) is 0 Å². The minimum absolute atomic E-state index is 0.227. The molecule has 2 rings (SSSR count). The normalized spacial score (nSPS) is 18.1. The average Bonchev–Trinajstić information content (AvgIpc) is 3.00. The van der Waals surface area contributed by atoms with Gasteiger partial charge in [-0.3, -0.25) is 0 Å². The van der Waals surface area contributed by atoms with Gasteiger partial charge in [0, 0.05) is 12.2 Å². The van der Waals surface area contributed by atoms with E-state index in [1.807, 2.05) is 0 Å². The number of rotatable bonds is 6. The lowest BCUT2D eigenvalue weighted by atomic mass is 10.3. The zero-order valence-corrected chi connectivity index (χ0v) is 12.1. The van der Waals surface area contributed by atoms with Crippen molar-refractivity contribution in [3.05, 3.63) is 24.3 Å². The molecule has 1 atom stereocenters. The Morgan fingerprint density at radius 2 is 1.80 bits per heavy atom. The van der Waals surface area contributed by atoms with Crippen LogP contribution < -0.4 is 5.32 Å². The molecular formula is C14H21NO4S. The van der Waals surface area contributed by atoms with Gasteiger partial charge in [0.1, 0.15) is 0 Å². The molecule has 20 heavy (non-hydrogen) atoms. The molecule has 5 nitrogen and oxygen atoms in total. The summed E-state index contributed by atoms with van der Waals surface area (Å²) in [6, 6.07) is 6.57. The van der Waals surface area contributed by atoms with E-state index in [1.165, 1.54) is 0 Å². The van der Waals surface area contributed by atoms with Gasteiger partial charge in [-0.15, -0.1) is 0 Å². The smallest absolute Gasteiger partial charge is 0.181 e. The maximum atomic E-state index is 12.4. The highest BCUT2D eigenvalue weighted by molar-refractivity contribution is 7.92. The van der Waals surface area contributed by atoms with Gasteiger partial charge in [-0.2, -0.15) is 0 Å². The van der Waals surface area contributed by atoms with Crippen LogP contribution in [0.3, 0.4) is 0 Å². The van der Waals surface area contributed by atoms with Crippen molar-refractivity contribution in [2.24, 2.45) is 0 Å². The fourth-order valence-corrected chi connectivity index (χ4v) is 4.31. The molecular weight excluding hydrogens is 278 g/mol. The van der Waals surface area contributed by atoms with E-state index < -0.39 is 15.9 Å². The summed E-state index contributed by atoms with van der Waals surface area (Å²) in [6.07, 6.45) is 2.67. The predicted molar refractivity (Wildman–Crippen MR) is 77.5 cm³/mol. The van der Waals surface area contributed by atoms with Crippen LogP contribution in [-0.4, -0.2) is 43.1 Å². The molecule has 6 heteroatoms. The summed E-state index contributed by atoms with van der Waals surface area (Å²) in [5.74, 6) is 0. The van der Waals surface area contributed by atoms with Crippen molar-refractivity contribution in [1.29, 1.82) is 0 Å². The molecule has 112 valence electrons.